The lowest BCUT2D eigenvalue weighted by molar-refractivity contribution is 0.0505. The van der Waals surface area contributed by atoms with Crippen LogP contribution in [0.4, 0.5) is 0 Å². The molecule has 1 atom stereocenters. The van der Waals surface area contributed by atoms with Gasteiger partial charge >= 0.3 is 0 Å². The molecular formula is C26H29N3O5S. The van der Waals surface area contributed by atoms with Crippen LogP contribution < -0.4 is 10.5 Å². The minimum atomic E-state index is -0.591. The SMILES string of the molecule is COc1ccc(C(=O)N(CC(=O)c2cc(C(N)=O)c(C)n2Cc2cccs2)CC2CCCO2)cc1. The van der Waals surface area contributed by atoms with E-state index in [4.69, 9.17) is 15.2 Å². The molecular weight excluding hydrogens is 466 g/mol. The van der Waals surface area contributed by atoms with Crippen LogP contribution in [0.2, 0.25) is 0 Å². The third-order valence-electron chi connectivity index (χ3n) is 6.22. The Kier molecular flexibility index (Phi) is 7.67. The number of nitrogens with zero attached hydrogens (tertiary/aromatic N) is 2. The lowest BCUT2D eigenvalue weighted by atomic mass is 10.1. The normalized spacial score (nSPS) is 15.2. The van der Waals surface area contributed by atoms with E-state index in [1.165, 1.54) is 11.0 Å². The van der Waals surface area contributed by atoms with Gasteiger partial charge in [-0.25, -0.2) is 0 Å². The molecule has 0 aliphatic carbocycles. The number of hydrogen-bond acceptors (Lipinski definition) is 6. The van der Waals surface area contributed by atoms with E-state index in [1.807, 2.05) is 17.5 Å². The fourth-order valence-electron chi connectivity index (χ4n) is 4.31. The van der Waals surface area contributed by atoms with E-state index in [1.54, 1.807) is 54.2 Å². The van der Waals surface area contributed by atoms with Crippen LogP contribution in [0.3, 0.4) is 0 Å². The van der Waals surface area contributed by atoms with Crippen molar-refractivity contribution < 1.29 is 23.9 Å². The average Bonchev–Trinajstić information content (AvgIpc) is 3.61. The summed E-state index contributed by atoms with van der Waals surface area (Å²) in [6, 6.07) is 12.2. The van der Waals surface area contributed by atoms with Crippen LogP contribution in [0.1, 0.15) is 54.6 Å². The van der Waals surface area contributed by atoms with Crippen molar-refractivity contribution in [2.75, 3.05) is 26.8 Å². The highest BCUT2D eigenvalue weighted by Gasteiger charge is 2.28. The molecule has 0 saturated carbocycles. The Labute approximate surface area is 208 Å². The van der Waals surface area contributed by atoms with Crippen LogP contribution >= 0.6 is 11.3 Å². The minimum absolute atomic E-state index is 0.120. The van der Waals surface area contributed by atoms with Gasteiger partial charge in [-0.3, -0.25) is 14.4 Å². The number of primary amides is 1. The number of benzene rings is 1. The Bertz CT molecular complexity index is 1190. The highest BCUT2D eigenvalue weighted by Crippen LogP contribution is 2.22. The topological polar surface area (TPSA) is 104 Å². The van der Waals surface area contributed by atoms with Gasteiger partial charge in [0.2, 0.25) is 0 Å². The van der Waals surface area contributed by atoms with Gasteiger partial charge in [-0.2, -0.15) is 0 Å². The van der Waals surface area contributed by atoms with Crippen LogP contribution in [0.5, 0.6) is 5.75 Å². The number of ether oxygens (including phenoxy) is 2. The molecule has 1 unspecified atom stereocenters. The molecule has 35 heavy (non-hydrogen) atoms. The Morgan fingerprint density at radius 1 is 1.23 bits per heavy atom. The Hall–Kier alpha value is -3.43. The van der Waals surface area contributed by atoms with Crippen LogP contribution in [-0.2, 0) is 11.3 Å². The number of Topliss-reactive ketones (excluding diaryl/α,β-unsaturated/α-hetero) is 1. The molecule has 3 aromatic rings. The zero-order chi connectivity index (χ0) is 24.9. The number of carbonyl (C=O) groups excluding carboxylic acids is 3. The number of thiophene rings is 1. The average molecular weight is 496 g/mol. The van der Waals surface area contributed by atoms with E-state index < -0.39 is 5.91 Å². The predicted octanol–water partition coefficient (Wildman–Crippen LogP) is 3.52. The van der Waals surface area contributed by atoms with Crippen molar-refractivity contribution in [1.82, 2.24) is 9.47 Å². The number of amides is 2. The Morgan fingerprint density at radius 2 is 2.00 bits per heavy atom. The van der Waals surface area contributed by atoms with Gasteiger partial charge in [-0.05, 0) is 61.5 Å². The Morgan fingerprint density at radius 3 is 2.60 bits per heavy atom. The number of aromatic nitrogens is 1. The molecule has 3 heterocycles. The van der Waals surface area contributed by atoms with Gasteiger partial charge < -0.3 is 24.7 Å². The highest BCUT2D eigenvalue weighted by molar-refractivity contribution is 7.09. The molecule has 1 saturated heterocycles. The molecule has 184 valence electrons. The molecule has 2 amide bonds. The summed E-state index contributed by atoms with van der Waals surface area (Å²) in [5.74, 6) is -0.479. The molecule has 9 heteroatoms. The fourth-order valence-corrected chi connectivity index (χ4v) is 5.00. The largest absolute Gasteiger partial charge is 0.497 e. The first-order valence-electron chi connectivity index (χ1n) is 11.5. The number of nitrogens with two attached hydrogens (primary N) is 1. The van der Waals surface area contributed by atoms with Crippen molar-refractivity contribution in [2.24, 2.45) is 5.73 Å². The molecule has 1 aliphatic heterocycles. The van der Waals surface area contributed by atoms with E-state index in [0.717, 1.165) is 17.7 Å². The zero-order valence-electron chi connectivity index (χ0n) is 19.9. The van der Waals surface area contributed by atoms with Crippen LogP contribution in [-0.4, -0.2) is 60.0 Å². The van der Waals surface area contributed by atoms with Crippen LogP contribution in [0, 0.1) is 6.92 Å². The van der Waals surface area contributed by atoms with Crippen LogP contribution in [0.15, 0.2) is 47.8 Å². The summed E-state index contributed by atoms with van der Waals surface area (Å²) in [6.45, 7) is 3.03. The van der Waals surface area contributed by atoms with Crippen molar-refractivity contribution in [1.29, 1.82) is 0 Å². The van der Waals surface area contributed by atoms with Crippen molar-refractivity contribution in [3.8, 4) is 5.75 Å². The van der Waals surface area contributed by atoms with E-state index in [0.29, 0.717) is 48.0 Å². The van der Waals surface area contributed by atoms with E-state index in [2.05, 4.69) is 0 Å². The molecule has 2 aromatic heterocycles. The molecule has 4 rings (SSSR count). The number of rotatable bonds is 10. The van der Waals surface area contributed by atoms with Crippen LogP contribution in [0.25, 0.3) is 0 Å². The maximum atomic E-state index is 13.6. The number of hydrogen-bond donors (Lipinski definition) is 1. The van der Waals surface area contributed by atoms with E-state index in [-0.39, 0.29) is 24.3 Å². The molecule has 1 aromatic carbocycles. The first-order chi connectivity index (χ1) is 16.9. The molecule has 2 N–H and O–H groups in total. The lowest BCUT2D eigenvalue weighted by Crippen LogP contribution is -2.41. The quantitative estimate of drug-likeness (QED) is 0.434. The molecule has 8 nitrogen and oxygen atoms in total. The lowest BCUT2D eigenvalue weighted by Gasteiger charge is -2.25. The summed E-state index contributed by atoms with van der Waals surface area (Å²) < 4.78 is 12.7. The smallest absolute Gasteiger partial charge is 0.254 e. The van der Waals surface area contributed by atoms with E-state index >= 15 is 0 Å². The summed E-state index contributed by atoms with van der Waals surface area (Å²) in [5.41, 5.74) is 7.31. The minimum Gasteiger partial charge on any atom is -0.497 e. The van der Waals surface area contributed by atoms with E-state index in [9.17, 15) is 14.4 Å². The summed E-state index contributed by atoms with van der Waals surface area (Å²) >= 11 is 1.57. The fraction of sp³-hybridized carbons (Fsp3) is 0.346. The van der Waals surface area contributed by atoms with Crippen molar-refractivity contribution >= 4 is 28.9 Å². The van der Waals surface area contributed by atoms with Crippen molar-refractivity contribution in [2.45, 2.75) is 32.4 Å². The van der Waals surface area contributed by atoms with Crippen molar-refractivity contribution in [3.63, 3.8) is 0 Å². The monoisotopic (exact) mass is 495 g/mol. The summed E-state index contributed by atoms with van der Waals surface area (Å²) in [5, 5.41) is 1.96. The third kappa shape index (κ3) is 5.63. The van der Waals surface area contributed by atoms with Gasteiger partial charge in [-0.1, -0.05) is 6.07 Å². The molecule has 1 fully saturated rings. The number of carbonyl (C=O) groups is 3. The maximum absolute atomic E-state index is 13.6. The second kappa shape index (κ2) is 10.9. The maximum Gasteiger partial charge on any atom is 0.254 e. The molecule has 0 bridgehead atoms. The molecule has 0 radical (unpaired) electrons. The van der Waals surface area contributed by atoms with Gasteiger partial charge in [0, 0.05) is 29.3 Å². The third-order valence-corrected chi connectivity index (χ3v) is 7.08. The van der Waals surface area contributed by atoms with Gasteiger partial charge in [0.25, 0.3) is 11.8 Å². The number of methoxy groups -OCH3 is 1. The molecule has 1 aliphatic rings. The van der Waals surface area contributed by atoms with Gasteiger partial charge in [0.15, 0.2) is 5.78 Å². The highest BCUT2D eigenvalue weighted by atomic mass is 32.1. The first kappa shape index (κ1) is 24.7. The Balaban J connectivity index is 1.63. The summed E-state index contributed by atoms with van der Waals surface area (Å²) in [4.78, 5) is 41.6. The predicted molar refractivity (Wildman–Crippen MR) is 133 cm³/mol. The van der Waals surface area contributed by atoms with Gasteiger partial charge in [0.1, 0.15) is 5.75 Å². The second-order valence-electron chi connectivity index (χ2n) is 8.53. The molecule has 0 spiro atoms. The standard InChI is InChI=1S/C26H29N3O5S/c1-17-22(25(27)31)13-23(29(17)15-21-6-4-12-35-21)24(30)16-28(14-20-5-3-11-34-20)26(32)18-7-9-19(33-2)10-8-18/h4,6-10,12-13,20H,3,5,11,14-16H2,1-2H3,(H2,27,31). The zero-order valence-corrected chi connectivity index (χ0v) is 20.7. The summed E-state index contributed by atoms with van der Waals surface area (Å²) in [6.07, 6.45) is 1.64. The summed E-state index contributed by atoms with van der Waals surface area (Å²) in [7, 11) is 1.56. The van der Waals surface area contributed by atoms with Gasteiger partial charge in [-0.15, -0.1) is 11.3 Å². The number of ketones is 1. The van der Waals surface area contributed by atoms with Gasteiger partial charge in [0.05, 0.1) is 37.6 Å². The first-order valence-corrected chi connectivity index (χ1v) is 12.4. The second-order valence-corrected chi connectivity index (χ2v) is 9.56. The van der Waals surface area contributed by atoms with Crippen molar-refractivity contribution in [3.05, 3.63) is 75.2 Å².